The van der Waals surface area contributed by atoms with Gasteiger partial charge in [-0.05, 0) is 20.8 Å². The summed E-state index contributed by atoms with van der Waals surface area (Å²) in [6, 6.07) is 0. The first kappa shape index (κ1) is 19.8. The van der Waals surface area contributed by atoms with Crippen molar-refractivity contribution in [2.24, 2.45) is 0 Å². The summed E-state index contributed by atoms with van der Waals surface area (Å²) in [5, 5.41) is 0. The standard InChI is InChI=1S/C16H21FN2O7/c1-8-6-19(14(23)18-12(8)22)13-15(4,17)16(5,26-10(3)21)11(25-13)7-24-9(2)20/h6,11,13H,7H2,1-5H3,(H,18,22,23)/t11-,13+,15+,16+/m1/s1. The molecule has 2 rings (SSSR count). The lowest BCUT2D eigenvalue weighted by molar-refractivity contribution is -0.178. The van der Waals surface area contributed by atoms with E-state index in [9.17, 15) is 19.2 Å². The van der Waals surface area contributed by atoms with Gasteiger partial charge in [0.25, 0.3) is 5.56 Å². The highest BCUT2D eigenvalue weighted by Gasteiger charge is 2.66. The maximum Gasteiger partial charge on any atom is 0.330 e. The Labute approximate surface area is 148 Å². The minimum absolute atomic E-state index is 0.168. The van der Waals surface area contributed by atoms with Gasteiger partial charge in [0, 0.05) is 25.6 Å². The number of H-pyrrole nitrogens is 1. The molecule has 9 nitrogen and oxygen atoms in total. The van der Waals surface area contributed by atoms with E-state index in [1.807, 2.05) is 0 Å². The number of ether oxygens (including phenoxy) is 3. The average molecular weight is 372 g/mol. The quantitative estimate of drug-likeness (QED) is 0.758. The van der Waals surface area contributed by atoms with Crippen LogP contribution in [0.5, 0.6) is 0 Å². The van der Waals surface area contributed by atoms with Crippen molar-refractivity contribution in [3.8, 4) is 0 Å². The van der Waals surface area contributed by atoms with Crippen LogP contribution in [0.2, 0.25) is 0 Å². The third kappa shape index (κ3) is 3.28. The molecule has 1 aromatic heterocycles. The Balaban J connectivity index is 2.54. The van der Waals surface area contributed by atoms with Crippen molar-refractivity contribution in [2.45, 2.75) is 58.2 Å². The van der Waals surface area contributed by atoms with Crippen LogP contribution < -0.4 is 11.2 Å². The fraction of sp³-hybridized carbons (Fsp3) is 0.625. The number of esters is 2. The zero-order valence-corrected chi connectivity index (χ0v) is 15.1. The van der Waals surface area contributed by atoms with Crippen molar-refractivity contribution in [3.63, 3.8) is 0 Å². The van der Waals surface area contributed by atoms with E-state index in [1.165, 1.54) is 20.8 Å². The van der Waals surface area contributed by atoms with Gasteiger partial charge in [-0.3, -0.25) is 23.9 Å². The van der Waals surface area contributed by atoms with Crippen molar-refractivity contribution in [1.82, 2.24) is 9.55 Å². The minimum atomic E-state index is -2.38. The van der Waals surface area contributed by atoms with E-state index in [-0.39, 0.29) is 12.2 Å². The molecule has 0 spiro atoms. The van der Waals surface area contributed by atoms with Crippen molar-refractivity contribution >= 4 is 11.9 Å². The predicted molar refractivity (Wildman–Crippen MR) is 86.3 cm³/mol. The highest BCUT2D eigenvalue weighted by atomic mass is 19.1. The van der Waals surface area contributed by atoms with E-state index < -0.39 is 46.8 Å². The van der Waals surface area contributed by atoms with E-state index in [1.54, 1.807) is 0 Å². The number of alkyl halides is 1. The molecule has 1 aliphatic rings. The summed E-state index contributed by atoms with van der Waals surface area (Å²) in [5.74, 6) is -1.39. The Kier molecular flexibility index (Phi) is 5.09. The van der Waals surface area contributed by atoms with Gasteiger partial charge in [-0.2, -0.15) is 0 Å². The molecular weight excluding hydrogens is 351 g/mol. The van der Waals surface area contributed by atoms with Crippen molar-refractivity contribution < 1.29 is 28.2 Å². The smallest absolute Gasteiger partial charge is 0.330 e. The lowest BCUT2D eigenvalue weighted by Crippen LogP contribution is -2.55. The Morgan fingerprint density at radius 2 is 1.92 bits per heavy atom. The number of rotatable bonds is 4. The van der Waals surface area contributed by atoms with Gasteiger partial charge in [-0.25, -0.2) is 9.18 Å². The van der Waals surface area contributed by atoms with Crippen molar-refractivity contribution in [1.29, 1.82) is 0 Å². The van der Waals surface area contributed by atoms with Gasteiger partial charge < -0.3 is 14.2 Å². The second kappa shape index (κ2) is 6.67. The summed E-state index contributed by atoms with van der Waals surface area (Å²) < 4.78 is 32.3. The van der Waals surface area contributed by atoms with E-state index in [0.717, 1.165) is 24.6 Å². The second-order valence-electron chi connectivity index (χ2n) is 6.53. The van der Waals surface area contributed by atoms with Gasteiger partial charge in [0.2, 0.25) is 0 Å². The molecule has 0 unspecified atom stereocenters. The summed E-state index contributed by atoms with van der Waals surface area (Å²) in [6.45, 7) is 5.74. The molecule has 0 saturated carbocycles. The van der Waals surface area contributed by atoms with Crippen LogP contribution in [0.25, 0.3) is 0 Å². The predicted octanol–water partition coefficient (Wildman–Crippen LogP) is 0.356. The average Bonchev–Trinajstić information content (AvgIpc) is 2.68. The van der Waals surface area contributed by atoms with E-state index >= 15 is 4.39 Å². The number of aromatic amines is 1. The maximum absolute atomic E-state index is 15.8. The van der Waals surface area contributed by atoms with Crippen LogP contribution >= 0.6 is 0 Å². The highest BCUT2D eigenvalue weighted by molar-refractivity contribution is 5.67. The molecule has 0 aromatic carbocycles. The number of halogens is 1. The lowest BCUT2D eigenvalue weighted by Gasteiger charge is -2.36. The first-order chi connectivity index (χ1) is 11.9. The number of aryl methyl sites for hydroxylation is 1. The molecule has 1 aromatic rings. The first-order valence-corrected chi connectivity index (χ1v) is 7.89. The zero-order valence-electron chi connectivity index (χ0n) is 15.1. The van der Waals surface area contributed by atoms with Crippen LogP contribution in [0.15, 0.2) is 15.8 Å². The number of aromatic nitrogens is 2. The first-order valence-electron chi connectivity index (χ1n) is 7.89. The van der Waals surface area contributed by atoms with Crippen LogP contribution in [0.4, 0.5) is 4.39 Å². The summed E-state index contributed by atoms with van der Waals surface area (Å²) in [4.78, 5) is 48.4. The highest BCUT2D eigenvalue weighted by Crippen LogP contribution is 2.49. The van der Waals surface area contributed by atoms with Gasteiger partial charge in [0.15, 0.2) is 17.5 Å². The summed E-state index contributed by atoms with van der Waals surface area (Å²) in [5.41, 5.74) is -5.54. The fourth-order valence-corrected chi connectivity index (χ4v) is 2.92. The number of hydrogen-bond donors (Lipinski definition) is 1. The normalized spacial score (nSPS) is 30.8. The van der Waals surface area contributed by atoms with E-state index in [0.29, 0.717) is 0 Å². The molecular formula is C16H21FN2O7. The van der Waals surface area contributed by atoms with E-state index in [4.69, 9.17) is 14.2 Å². The van der Waals surface area contributed by atoms with Gasteiger partial charge in [0.1, 0.15) is 12.7 Å². The Morgan fingerprint density at radius 3 is 2.46 bits per heavy atom. The molecule has 0 radical (unpaired) electrons. The Bertz CT molecular complexity index is 844. The molecule has 1 N–H and O–H groups in total. The van der Waals surface area contributed by atoms with Crippen LogP contribution in [0, 0.1) is 6.92 Å². The molecule has 1 saturated heterocycles. The van der Waals surface area contributed by atoms with Gasteiger partial charge in [0.05, 0.1) is 0 Å². The van der Waals surface area contributed by atoms with Crippen molar-refractivity contribution in [3.05, 3.63) is 32.6 Å². The number of hydrogen-bond acceptors (Lipinski definition) is 7. The summed E-state index contributed by atoms with van der Waals surface area (Å²) >= 11 is 0. The topological polar surface area (TPSA) is 117 Å². The van der Waals surface area contributed by atoms with Crippen LogP contribution in [0.3, 0.4) is 0 Å². The molecule has 2 heterocycles. The zero-order chi connectivity index (χ0) is 19.9. The molecule has 4 atom stereocenters. The molecule has 0 aliphatic carbocycles. The largest absolute Gasteiger partial charge is 0.463 e. The molecule has 1 fully saturated rings. The fourth-order valence-electron chi connectivity index (χ4n) is 2.92. The SMILES string of the molecule is CC(=O)OC[C@H]1O[C@H](n2cc(C)c(=O)[nH]c2=O)[C@](C)(F)[C@@]1(C)OC(C)=O. The van der Waals surface area contributed by atoms with Crippen molar-refractivity contribution in [2.75, 3.05) is 6.61 Å². The van der Waals surface area contributed by atoms with E-state index in [2.05, 4.69) is 4.98 Å². The molecule has 0 amide bonds. The van der Waals surface area contributed by atoms with Crippen LogP contribution in [-0.2, 0) is 23.8 Å². The number of carbonyl (C=O) groups is 2. The Hall–Kier alpha value is -2.49. The molecule has 26 heavy (non-hydrogen) atoms. The third-order valence-corrected chi connectivity index (χ3v) is 4.53. The second-order valence-corrected chi connectivity index (χ2v) is 6.53. The van der Waals surface area contributed by atoms with Gasteiger partial charge >= 0.3 is 17.6 Å². The maximum atomic E-state index is 15.8. The number of nitrogens with one attached hydrogen (secondary N) is 1. The summed E-state index contributed by atoms with van der Waals surface area (Å²) in [6.07, 6.45) is -1.53. The molecule has 0 bridgehead atoms. The minimum Gasteiger partial charge on any atom is -0.463 e. The molecule has 1 aliphatic heterocycles. The third-order valence-electron chi connectivity index (χ3n) is 4.53. The number of nitrogens with zero attached hydrogens (tertiary/aromatic N) is 1. The van der Waals surface area contributed by atoms with Gasteiger partial charge in [-0.15, -0.1) is 0 Å². The number of carbonyl (C=O) groups excluding carboxylic acids is 2. The molecule has 144 valence electrons. The Morgan fingerprint density at radius 1 is 1.31 bits per heavy atom. The molecule has 10 heteroatoms. The van der Waals surface area contributed by atoms with Crippen LogP contribution in [0.1, 0.15) is 39.5 Å². The van der Waals surface area contributed by atoms with Gasteiger partial charge in [-0.1, -0.05) is 0 Å². The monoisotopic (exact) mass is 372 g/mol. The summed E-state index contributed by atoms with van der Waals surface area (Å²) in [7, 11) is 0. The van der Waals surface area contributed by atoms with Crippen LogP contribution in [-0.4, -0.2) is 45.5 Å². The lowest BCUT2D eigenvalue weighted by atomic mass is 9.84.